The molecule has 0 N–H and O–H groups in total. The Morgan fingerprint density at radius 1 is 1.36 bits per heavy atom. The molecule has 0 amide bonds. The van der Waals surface area contributed by atoms with Crippen molar-refractivity contribution in [2.45, 2.75) is 30.9 Å². The zero-order valence-electron chi connectivity index (χ0n) is 14.4. The van der Waals surface area contributed by atoms with E-state index in [9.17, 15) is 4.21 Å². The standard InChI is InChI=1S/C18H21N3O3S/c1-3-4-5-11-21-17-13(7-6-10-19-17)18(25(21)22)12-24-14-8-9-15(23-2)20-16(14)18/h6-10H,3-5,11-12H2,1-2H3. The van der Waals surface area contributed by atoms with Crippen LogP contribution in [0.25, 0.3) is 0 Å². The van der Waals surface area contributed by atoms with E-state index in [0.717, 1.165) is 30.6 Å². The minimum atomic E-state index is -1.34. The number of anilines is 1. The third kappa shape index (κ3) is 2.33. The van der Waals surface area contributed by atoms with Gasteiger partial charge in [-0.25, -0.2) is 14.2 Å². The molecule has 6 nitrogen and oxygen atoms in total. The van der Waals surface area contributed by atoms with Gasteiger partial charge in [-0.2, -0.15) is 0 Å². The third-order valence-electron chi connectivity index (χ3n) is 4.78. The third-order valence-corrected chi connectivity index (χ3v) is 6.66. The van der Waals surface area contributed by atoms with Crippen LogP contribution in [0.15, 0.2) is 30.5 Å². The van der Waals surface area contributed by atoms with Gasteiger partial charge in [0.15, 0.2) is 4.75 Å². The van der Waals surface area contributed by atoms with Crippen LogP contribution in [0.1, 0.15) is 37.4 Å². The highest BCUT2D eigenvalue weighted by Crippen LogP contribution is 2.53. The summed E-state index contributed by atoms with van der Waals surface area (Å²) in [7, 11) is 0.240. The molecule has 4 rings (SSSR count). The predicted molar refractivity (Wildman–Crippen MR) is 96.3 cm³/mol. The number of aromatic nitrogens is 2. The summed E-state index contributed by atoms with van der Waals surface area (Å²) in [5.74, 6) is 1.94. The smallest absolute Gasteiger partial charge is 0.213 e. The average molecular weight is 359 g/mol. The van der Waals surface area contributed by atoms with E-state index in [4.69, 9.17) is 9.47 Å². The first-order chi connectivity index (χ1) is 12.2. The van der Waals surface area contributed by atoms with Crippen LogP contribution in [-0.4, -0.2) is 34.4 Å². The predicted octanol–water partition coefficient (Wildman–Crippen LogP) is 2.80. The number of fused-ring (bicyclic) bond motifs is 4. The van der Waals surface area contributed by atoms with Gasteiger partial charge in [0.25, 0.3) is 0 Å². The van der Waals surface area contributed by atoms with Gasteiger partial charge in [0.05, 0.1) is 7.11 Å². The molecule has 0 fully saturated rings. The van der Waals surface area contributed by atoms with E-state index in [0.29, 0.717) is 30.5 Å². The number of nitrogens with zero attached hydrogens (tertiary/aromatic N) is 3. The average Bonchev–Trinajstić information content (AvgIpc) is 3.14. The molecule has 132 valence electrons. The van der Waals surface area contributed by atoms with Crippen molar-refractivity contribution in [3.8, 4) is 11.6 Å². The monoisotopic (exact) mass is 359 g/mol. The van der Waals surface area contributed by atoms with Crippen molar-refractivity contribution in [1.29, 1.82) is 0 Å². The van der Waals surface area contributed by atoms with Crippen LogP contribution < -0.4 is 13.8 Å². The molecule has 0 bridgehead atoms. The number of unbranched alkanes of at least 4 members (excludes halogenated alkanes) is 2. The fourth-order valence-electron chi connectivity index (χ4n) is 3.50. The Balaban J connectivity index is 1.83. The second kappa shape index (κ2) is 6.29. The highest BCUT2D eigenvalue weighted by atomic mass is 32.2. The highest BCUT2D eigenvalue weighted by molar-refractivity contribution is 7.88. The summed E-state index contributed by atoms with van der Waals surface area (Å²) >= 11 is 0. The molecule has 2 unspecified atom stereocenters. The first kappa shape index (κ1) is 16.3. The van der Waals surface area contributed by atoms with Crippen molar-refractivity contribution in [3.63, 3.8) is 0 Å². The van der Waals surface area contributed by atoms with Gasteiger partial charge in [0, 0.05) is 24.4 Å². The Labute approximate surface area is 149 Å². The van der Waals surface area contributed by atoms with Crippen molar-refractivity contribution < 1.29 is 13.7 Å². The summed E-state index contributed by atoms with van der Waals surface area (Å²) in [6.07, 6.45) is 4.94. The molecule has 2 aromatic rings. The lowest BCUT2D eigenvalue weighted by molar-refractivity contribution is 0.331. The molecule has 4 heterocycles. The second-order valence-corrected chi connectivity index (χ2v) is 7.88. The zero-order valence-corrected chi connectivity index (χ0v) is 15.2. The van der Waals surface area contributed by atoms with E-state index in [1.165, 1.54) is 0 Å². The molecule has 25 heavy (non-hydrogen) atoms. The molecule has 1 spiro atoms. The molecule has 0 saturated heterocycles. The second-order valence-electron chi connectivity index (χ2n) is 6.25. The number of methoxy groups -OCH3 is 1. The summed E-state index contributed by atoms with van der Waals surface area (Å²) in [5.41, 5.74) is 1.60. The van der Waals surface area contributed by atoms with Gasteiger partial charge in [-0.1, -0.05) is 25.8 Å². The molecule has 7 heteroatoms. The lowest BCUT2D eigenvalue weighted by Crippen LogP contribution is -2.38. The summed E-state index contributed by atoms with van der Waals surface area (Å²) in [4.78, 5) is 9.12. The van der Waals surface area contributed by atoms with E-state index in [1.807, 2.05) is 22.5 Å². The largest absolute Gasteiger partial charge is 0.489 e. The molecule has 0 aliphatic carbocycles. The molecule has 2 aliphatic heterocycles. The molecule has 0 saturated carbocycles. The van der Waals surface area contributed by atoms with E-state index in [1.54, 1.807) is 19.4 Å². The molecule has 2 aliphatic rings. The normalized spacial score (nSPS) is 23.4. The Morgan fingerprint density at radius 3 is 3.04 bits per heavy atom. The minimum absolute atomic E-state index is 0.304. The lowest BCUT2D eigenvalue weighted by Gasteiger charge is -2.22. The molecule has 2 atom stereocenters. The molecule has 2 aromatic heterocycles. The van der Waals surface area contributed by atoms with Gasteiger partial charge in [-0.15, -0.1) is 0 Å². The Bertz CT molecular complexity index is 829. The summed E-state index contributed by atoms with van der Waals surface area (Å²) in [6.45, 7) is 3.18. The van der Waals surface area contributed by atoms with Crippen molar-refractivity contribution in [3.05, 3.63) is 41.7 Å². The van der Waals surface area contributed by atoms with Crippen LogP contribution in [-0.2, 0) is 15.7 Å². The number of hydrogen-bond acceptors (Lipinski definition) is 5. The van der Waals surface area contributed by atoms with Crippen molar-refractivity contribution in [2.24, 2.45) is 0 Å². The van der Waals surface area contributed by atoms with E-state index >= 15 is 0 Å². The van der Waals surface area contributed by atoms with Gasteiger partial charge in [0.1, 0.15) is 34.9 Å². The van der Waals surface area contributed by atoms with Gasteiger partial charge in [0.2, 0.25) is 5.88 Å². The maximum Gasteiger partial charge on any atom is 0.213 e. The molecule has 0 aromatic carbocycles. The SMILES string of the molecule is CCCCCN1c2ncccc2C2(COc3ccc(OC)nc32)S1=O. The first-order valence-corrected chi connectivity index (χ1v) is 9.66. The zero-order chi connectivity index (χ0) is 17.4. The van der Waals surface area contributed by atoms with Gasteiger partial charge >= 0.3 is 0 Å². The summed E-state index contributed by atoms with van der Waals surface area (Å²) < 4.78 is 25.8. The maximum atomic E-state index is 13.6. The first-order valence-electron chi connectivity index (χ1n) is 8.55. The van der Waals surface area contributed by atoms with Crippen LogP contribution in [0, 0.1) is 0 Å². The van der Waals surface area contributed by atoms with Crippen LogP contribution in [0.2, 0.25) is 0 Å². The fraction of sp³-hybridized carbons (Fsp3) is 0.444. The molecular weight excluding hydrogens is 338 g/mol. The summed E-state index contributed by atoms with van der Waals surface area (Å²) in [5, 5.41) is 0. The Morgan fingerprint density at radius 2 is 2.24 bits per heavy atom. The van der Waals surface area contributed by atoms with Crippen molar-refractivity contribution in [1.82, 2.24) is 9.97 Å². The van der Waals surface area contributed by atoms with Gasteiger partial charge in [-0.05, 0) is 18.6 Å². The van der Waals surface area contributed by atoms with Crippen molar-refractivity contribution >= 4 is 16.8 Å². The molecular formula is C18H21N3O3S. The van der Waals surface area contributed by atoms with Crippen LogP contribution in [0.4, 0.5) is 5.82 Å². The van der Waals surface area contributed by atoms with Crippen LogP contribution in [0.3, 0.4) is 0 Å². The number of rotatable bonds is 5. The summed E-state index contributed by atoms with van der Waals surface area (Å²) in [6, 6.07) is 7.47. The van der Waals surface area contributed by atoms with Crippen molar-refractivity contribution in [2.75, 3.05) is 24.6 Å². The van der Waals surface area contributed by atoms with Crippen LogP contribution in [0.5, 0.6) is 11.6 Å². The molecule has 0 radical (unpaired) electrons. The fourth-order valence-corrected chi connectivity index (χ4v) is 5.29. The number of ether oxygens (including phenoxy) is 2. The maximum absolute atomic E-state index is 13.6. The topological polar surface area (TPSA) is 64.6 Å². The highest BCUT2D eigenvalue weighted by Gasteiger charge is 2.58. The lowest BCUT2D eigenvalue weighted by atomic mass is 9.96. The number of hydrogen-bond donors (Lipinski definition) is 0. The van der Waals surface area contributed by atoms with Gasteiger partial charge in [-0.3, -0.25) is 4.31 Å². The Hall–Kier alpha value is -2.15. The van der Waals surface area contributed by atoms with Gasteiger partial charge < -0.3 is 9.47 Å². The van der Waals surface area contributed by atoms with E-state index in [-0.39, 0.29) is 0 Å². The minimum Gasteiger partial charge on any atom is -0.489 e. The Kier molecular flexibility index (Phi) is 4.11. The van der Waals surface area contributed by atoms with E-state index < -0.39 is 15.7 Å². The van der Waals surface area contributed by atoms with E-state index in [2.05, 4.69) is 16.9 Å². The quantitative estimate of drug-likeness (QED) is 0.768. The van der Waals surface area contributed by atoms with Crippen LogP contribution >= 0.6 is 0 Å². The number of pyridine rings is 2.